The lowest BCUT2D eigenvalue weighted by atomic mass is 10.1. The molecule has 0 aliphatic rings. The molecular formula is C20H21N3O6. The minimum absolute atomic E-state index is 0.300. The van der Waals surface area contributed by atoms with Gasteiger partial charge in [-0.1, -0.05) is 36.4 Å². The zero-order chi connectivity index (χ0) is 21.2. The zero-order valence-corrected chi connectivity index (χ0v) is 15.9. The number of hydrogen-bond acceptors (Lipinski definition) is 6. The fraction of sp³-hybridized carbons (Fsp3) is 0.200. The maximum absolute atomic E-state index is 12.3. The molecule has 0 saturated carbocycles. The molecule has 0 spiro atoms. The molecule has 29 heavy (non-hydrogen) atoms. The number of hydrogen-bond donors (Lipinski definition) is 3. The standard InChI is InChI=1S/C20H21N3O6/c1-21-20(27)23-19(26)17(13-7-4-3-5-8-13)29-16(24)12-22-18(25)14-9-6-10-15(11-14)28-2/h3-11,17H,12H2,1-2H3,(H,22,25)(H2,21,23,26,27)/t17-/m0/s1. The molecule has 0 aromatic heterocycles. The van der Waals surface area contributed by atoms with Gasteiger partial charge in [0.2, 0.25) is 6.10 Å². The molecule has 9 nitrogen and oxygen atoms in total. The van der Waals surface area contributed by atoms with Gasteiger partial charge in [-0.2, -0.15) is 0 Å². The number of carbonyl (C=O) groups excluding carboxylic acids is 4. The zero-order valence-electron chi connectivity index (χ0n) is 15.9. The Hall–Kier alpha value is -3.88. The molecule has 0 bridgehead atoms. The molecule has 0 fully saturated rings. The summed E-state index contributed by atoms with van der Waals surface area (Å²) in [4.78, 5) is 48.1. The third-order valence-corrected chi connectivity index (χ3v) is 3.78. The van der Waals surface area contributed by atoms with Gasteiger partial charge < -0.3 is 20.1 Å². The molecular weight excluding hydrogens is 378 g/mol. The molecule has 0 radical (unpaired) electrons. The molecule has 2 aromatic rings. The van der Waals surface area contributed by atoms with Gasteiger partial charge in [0.05, 0.1) is 7.11 Å². The molecule has 0 unspecified atom stereocenters. The van der Waals surface area contributed by atoms with Crippen LogP contribution in [0, 0.1) is 0 Å². The average Bonchev–Trinajstić information content (AvgIpc) is 2.76. The van der Waals surface area contributed by atoms with Crippen LogP contribution in [0.2, 0.25) is 0 Å². The summed E-state index contributed by atoms with van der Waals surface area (Å²) >= 11 is 0. The Morgan fingerprint density at radius 2 is 1.72 bits per heavy atom. The highest BCUT2D eigenvalue weighted by atomic mass is 16.5. The van der Waals surface area contributed by atoms with Gasteiger partial charge in [0.15, 0.2) is 0 Å². The predicted molar refractivity (Wildman–Crippen MR) is 103 cm³/mol. The number of carbonyl (C=O) groups is 4. The van der Waals surface area contributed by atoms with Crippen LogP contribution in [0.1, 0.15) is 22.0 Å². The van der Waals surface area contributed by atoms with Gasteiger partial charge in [-0.25, -0.2) is 4.79 Å². The minimum Gasteiger partial charge on any atom is -0.497 e. The molecule has 3 N–H and O–H groups in total. The lowest BCUT2D eigenvalue weighted by Gasteiger charge is -2.17. The first-order valence-corrected chi connectivity index (χ1v) is 8.64. The maximum atomic E-state index is 12.3. The van der Waals surface area contributed by atoms with E-state index in [4.69, 9.17) is 9.47 Å². The third kappa shape index (κ3) is 6.35. The third-order valence-electron chi connectivity index (χ3n) is 3.78. The van der Waals surface area contributed by atoms with Crippen LogP contribution < -0.4 is 20.7 Å². The largest absolute Gasteiger partial charge is 0.497 e. The Morgan fingerprint density at radius 3 is 2.38 bits per heavy atom. The van der Waals surface area contributed by atoms with Crippen LogP contribution >= 0.6 is 0 Å². The van der Waals surface area contributed by atoms with Crippen LogP contribution in [0.3, 0.4) is 0 Å². The summed E-state index contributed by atoms with van der Waals surface area (Å²) in [7, 11) is 2.82. The number of nitrogens with one attached hydrogen (secondary N) is 3. The van der Waals surface area contributed by atoms with Crippen LogP contribution in [-0.2, 0) is 14.3 Å². The van der Waals surface area contributed by atoms with Crippen molar-refractivity contribution in [3.05, 3.63) is 65.7 Å². The van der Waals surface area contributed by atoms with Crippen molar-refractivity contribution in [2.24, 2.45) is 0 Å². The van der Waals surface area contributed by atoms with Gasteiger partial charge in [0.25, 0.3) is 11.8 Å². The molecule has 2 aromatic carbocycles. The van der Waals surface area contributed by atoms with E-state index in [0.717, 1.165) is 0 Å². The van der Waals surface area contributed by atoms with E-state index < -0.39 is 36.5 Å². The quantitative estimate of drug-likeness (QED) is 0.601. The van der Waals surface area contributed by atoms with E-state index >= 15 is 0 Å². The fourth-order valence-electron chi connectivity index (χ4n) is 2.33. The van der Waals surface area contributed by atoms with Crippen LogP contribution in [0.5, 0.6) is 5.75 Å². The topological polar surface area (TPSA) is 123 Å². The van der Waals surface area contributed by atoms with Crippen molar-refractivity contribution in [3.63, 3.8) is 0 Å². The molecule has 1 atom stereocenters. The predicted octanol–water partition coefficient (Wildman–Crippen LogP) is 1.17. The minimum atomic E-state index is -1.35. The molecule has 152 valence electrons. The molecule has 0 aliphatic heterocycles. The van der Waals surface area contributed by atoms with Crippen molar-refractivity contribution in [2.45, 2.75) is 6.10 Å². The summed E-state index contributed by atoms with van der Waals surface area (Å²) in [6.07, 6.45) is -1.35. The Morgan fingerprint density at radius 1 is 1.00 bits per heavy atom. The van der Waals surface area contributed by atoms with Crippen molar-refractivity contribution >= 4 is 23.8 Å². The summed E-state index contributed by atoms with van der Waals surface area (Å²) in [6.45, 7) is -0.466. The van der Waals surface area contributed by atoms with Crippen molar-refractivity contribution in [3.8, 4) is 5.75 Å². The molecule has 0 saturated heterocycles. The molecule has 0 heterocycles. The number of amides is 4. The molecule has 9 heteroatoms. The first kappa shape index (κ1) is 21.4. The smallest absolute Gasteiger partial charge is 0.326 e. The molecule has 4 amide bonds. The SMILES string of the molecule is CNC(=O)NC(=O)[C@@H](OC(=O)CNC(=O)c1cccc(OC)c1)c1ccccc1. The van der Waals surface area contributed by atoms with Crippen molar-refractivity contribution in [1.29, 1.82) is 0 Å². The lowest BCUT2D eigenvalue weighted by molar-refractivity contribution is -0.155. The van der Waals surface area contributed by atoms with Crippen molar-refractivity contribution in [1.82, 2.24) is 16.0 Å². The van der Waals surface area contributed by atoms with Gasteiger partial charge in [-0.05, 0) is 18.2 Å². The normalized spacial score (nSPS) is 11.0. The summed E-state index contributed by atoms with van der Waals surface area (Å²) in [5.41, 5.74) is 0.676. The van der Waals surface area contributed by atoms with Crippen molar-refractivity contribution < 1.29 is 28.7 Å². The van der Waals surface area contributed by atoms with Gasteiger partial charge in [0.1, 0.15) is 12.3 Å². The first-order chi connectivity index (χ1) is 13.9. The van der Waals surface area contributed by atoms with E-state index in [2.05, 4.69) is 16.0 Å². The van der Waals surface area contributed by atoms with Gasteiger partial charge >= 0.3 is 12.0 Å². The van der Waals surface area contributed by atoms with E-state index in [1.54, 1.807) is 48.5 Å². The summed E-state index contributed by atoms with van der Waals surface area (Å²) in [5.74, 6) is -1.67. The van der Waals surface area contributed by atoms with Crippen LogP contribution in [0.4, 0.5) is 4.79 Å². The highest BCUT2D eigenvalue weighted by molar-refractivity contribution is 5.98. The Kier molecular flexibility index (Phi) is 7.72. The monoisotopic (exact) mass is 399 g/mol. The summed E-state index contributed by atoms with van der Waals surface area (Å²) < 4.78 is 10.3. The first-order valence-electron chi connectivity index (χ1n) is 8.64. The van der Waals surface area contributed by atoms with Gasteiger partial charge in [-0.15, -0.1) is 0 Å². The van der Waals surface area contributed by atoms with Crippen LogP contribution in [0.15, 0.2) is 54.6 Å². The number of esters is 1. The van der Waals surface area contributed by atoms with Crippen molar-refractivity contribution in [2.75, 3.05) is 20.7 Å². The van der Waals surface area contributed by atoms with E-state index in [9.17, 15) is 19.2 Å². The number of urea groups is 1. The Balaban J connectivity index is 2.02. The fourth-order valence-corrected chi connectivity index (χ4v) is 2.33. The number of benzene rings is 2. The highest BCUT2D eigenvalue weighted by Gasteiger charge is 2.26. The van der Waals surface area contributed by atoms with Crippen LogP contribution in [0.25, 0.3) is 0 Å². The highest BCUT2D eigenvalue weighted by Crippen LogP contribution is 2.18. The van der Waals surface area contributed by atoms with E-state index in [1.165, 1.54) is 20.2 Å². The number of ether oxygens (including phenoxy) is 2. The second-order valence-corrected chi connectivity index (χ2v) is 5.76. The van der Waals surface area contributed by atoms with Crippen LogP contribution in [-0.4, -0.2) is 44.5 Å². The summed E-state index contributed by atoms with van der Waals surface area (Å²) in [5, 5.41) is 6.73. The van der Waals surface area contributed by atoms with E-state index in [1.807, 2.05) is 0 Å². The van der Waals surface area contributed by atoms with E-state index in [-0.39, 0.29) is 0 Å². The Labute approximate surface area is 167 Å². The maximum Gasteiger partial charge on any atom is 0.326 e. The average molecular weight is 399 g/mol. The molecule has 2 rings (SSSR count). The number of rotatable bonds is 7. The second kappa shape index (κ2) is 10.5. The number of methoxy groups -OCH3 is 1. The Bertz CT molecular complexity index is 885. The number of imide groups is 1. The van der Waals surface area contributed by atoms with Gasteiger partial charge in [0, 0.05) is 18.2 Å². The second-order valence-electron chi connectivity index (χ2n) is 5.76. The summed E-state index contributed by atoms with van der Waals surface area (Å²) in [6, 6.07) is 13.9. The molecule has 0 aliphatic carbocycles. The van der Waals surface area contributed by atoms with Gasteiger partial charge in [-0.3, -0.25) is 19.7 Å². The lowest BCUT2D eigenvalue weighted by Crippen LogP contribution is -2.42. The van der Waals surface area contributed by atoms with E-state index in [0.29, 0.717) is 16.9 Å².